The number of ether oxygens (including phenoxy) is 1. The van der Waals surface area contributed by atoms with E-state index in [4.69, 9.17) is 15.0 Å². The molecule has 2 aliphatic rings. The van der Waals surface area contributed by atoms with E-state index in [0.29, 0.717) is 22.8 Å². The molecule has 11 nitrogen and oxygen atoms in total. The van der Waals surface area contributed by atoms with Gasteiger partial charge in [0.05, 0.1) is 31.8 Å². The SMILES string of the molecule is COc1ccc(-[n+]2[nH]oc(=O)c2CN(C2CC2)C2CC(=O)N(c3ccc(C(N)=O)cc3)C2=O)cc1. The Morgan fingerprint density at radius 3 is 2.43 bits per heavy atom. The second-order valence-corrected chi connectivity index (χ2v) is 8.56. The number of aromatic nitrogens is 2. The van der Waals surface area contributed by atoms with Crippen molar-refractivity contribution in [3.8, 4) is 11.4 Å². The molecule has 5 rings (SSSR count). The van der Waals surface area contributed by atoms with Crippen molar-refractivity contribution in [2.45, 2.75) is 37.9 Å². The Morgan fingerprint density at radius 1 is 1.14 bits per heavy atom. The molecule has 1 atom stereocenters. The second kappa shape index (κ2) is 8.84. The highest BCUT2D eigenvalue weighted by Gasteiger charge is 2.48. The van der Waals surface area contributed by atoms with Crippen LogP contribution in [0.1, 0.15) is 35.3 Å². The quantitative estimate of drug-likeness (QED) is 0.357. The zero-order valence-corrected chi connectivity index (χ0v) is 19.0. The third kappa shape index (κ3) is 4.21. The third-order valence-electron chi connectivity index (χ3n) is 6.35. The highest BCUT2D eigenvalue weighted by Crippen LogP contribution is 2.34. The lowest BCUT2D eigenvalue weighted by Crippen LogP contribution is -2.47. The molecule has 1 unspecified atom stereocenters. The Hall–Kier alpha value is -4.25. The largest absolute Gasteiger partial charge is 0.497 e. The number of rotatable bonds is 8. The molecule has 11 heteroatoms. The van der Waals surface area contributed by atoms with Crippen molar-refractivity contribution in [2.24, 2.45) is 5.73 Å². The van der Waals surface area contributed by atoms with E-state index in [-0.39, 0.29) is 36.4 Å². The van der Waals surface area contributed by atoms with Crippen molar-refractivity contribution in [2.75, 3.05) is 12.0 Å². The number of anilines is 1. The number of H-pyrrole nitrogens is 1. The van der Waals surface area contributed by atoms with Crippen LogP contribution in [0.4, 0.5) is 5.69 Å². The number of aromatic amines is 1. The Labute approximate surface area is 199 Å². The number of carbonyl (C=O) groups is 3. The summed E-state index contributed by atoms with van der Waals surface area (Å²) in [6.07, 6.45) is 1.72. The average molecular weight is 478 g/mol. The van der Waals surface area contributed by atoms with Gasteiger partial charge in [0.2, 0.25) is 17.5 Å². The fourth-order valence-electron chi connectivity index (χ4n) is 4.36. The van der Waals surface area contributed by atoms with E-state index >= 15 is 0 Å². The molecule has 1 aromatic heterocycles. The van der Waals surface area contributed by atoms with Gasteiger partial charge >= 0.3 is 11.3 Å². The molecule has 0 bridgehead atoms. The van der Waals surface area contributed by atoms with Crippen LogP contribution in [0.15, 0.2) is 57.8 Å². The first-order valence-corrected chi connectivity index (χ1v) is 11.2. The minimum atomic E-state index is -0.718. The maximum Gasteiger partial charge on any atom is 0.431 e. The average Bonchev–Trinajstić information content (AvgIpc) is 3.58. The van der Waals surface area contributed by atoms with Crippen LogP contribution in [0.2, 0.25) is 0 Å². The topological polar surface area (TPSA) is 143 Å². The lowest BCUT2D eigenvalue weighted by molar-refractivity contribution is -0.678. The summed E-state index contributed by atoms with van der Waals surface area (Å²) in [7, 11) is 1.57. The van der Waals surface area contributed by atoms with Gasteiger partial charge in [-0.2, -0.15) is 0 Å². The minimum Gasteiger partial charge on any atom is -0.497 e. The van der Waals surface area contributed by atoms with Crippen molar-refractivity contribution >= 4 is 23.4 Å². The van der Waals surface area contributed by atoms with E-state index in [0.717, 1.165) is 17.7 Å². The summed E-state index contributed by atoms with van der Waals surface area (Å²) in [6.45, 7) is 0.126. The molecule has 180 valence electrons. The van der Waals surface area contributed by atoms with Crippen LogP contribution < -0.4 is 25.7 Å². The Balaban J connectivity index is 1.42. The molecule has 3 aromatic rings. The van der Waals surface area contributed by atoms with Crippen LogP contribution in [-0.4, -0.2) is 47.1 Å². The van der Waals surface area contributed by atoms with E-state index in [1.54, 1.807) is 31.4 Å². The summed E-state index contributed by atoms with van der Waals surface area (Å²) in [5.74, 6) is -0.643. The zero-order valence-electron chi connectivity index (χ0n) is 19.0. The van der Waals surface area contributed by atoms with Gasteiger partial charge in [-0.3, -0.25) is 23.8 Å². The van der Waals surface area contributed by atoms with Crippen LogP contribution in [0.3, 0.4) is 0 Å². The number of amides is 3. The molecule has 2 fully saturated rings. The molecule has 35 heavy (non-hydrogen) atoms. The fraction of sp³-hybridized carbons (Fsp3) is 0.292. The lowest BCUT2D eigenvalue weighted by Gasteiger charge is -2.25. The highest BCUT2D eigenvalue weighted by atomic mass is 16.5. The standard InChI is InChI=1S/C24H23N5O6/c1-34-18-10-8-17(9-11-18)29-20(24(33)35-26-29)13-27(15-6-7-15)19-12-21(30)28(23(19)32)16-4-2-14(3-5-16)22(25)31/h2-5,8-11,15,19H,6-7,12-13H2,1H3,(H2-,25,26,31,33)/p+1. The van der Waals surface area contributed by atoms with Gasteiger partial charge in [0.1, 0.15) is 5.75 Å². The summed E-state index contributed by atoms with van der Waals surface area (Å²) in [5, 5.41) is 2.61. The molecule has 2 heterocycles. The van der Waals surface area contributed by atoms with Crippen LogP contribution >= 0.6 is 0 Å². The summed E-state index contributed by atoms with van der Waals surface area (Å²) >= 11 is 0. The number of carbonyl (C=O) groups excluding carboxylic acids is 3. The van der Waals surface area contributed by atoms with Gasteiger partial charge in [-0.1, -0.05) is 0 Å². The predicted octanol–water partition coefficient (Wildman–Crippen LogP) is 0.649. The number of nitrogens with two attached hydrogens (primary N) is 1. The molecule has 2 aromatic carbocycles. The van der Waals surface area contributed by atoms with E-state index in [2.05, 4.69) is 5.27 Å². The van der Waals surface area contributed by atoms with Crippen molar-refractivity contribution in [3.05, 3.63) is 70.2 Å². The van der Waals surface area contributed by atoms with Crippen LogP contribution in [0.5, 0.6) is 5.75 Å². The van der Waals surface area contributed by atoms with E-state index in [1.165, 1.54) is 28.9 Å². The Kier molecular flexibility index (Phi) is 5.69. The Morgan fingerprint density at radius 2 is 1.83 bits per heavy atom. The molecular formula is C24H24N5O6+. The van der Waals surface area contributed by atoms with Gasteiger partial charge in [0.25, 0.3) is 5.91 Å². The molecule has 0 radical (unpaired) electrons. The van der Waals surface area contributed by atoms with Gasteiger partial charge < -0.3 is 10.5 Å². The lowest BCUT2D eigenvalue weighted by atomic mass is 10.2. The summed E-state index contributed by atoms with van der Waals surface area (Å²) in [6, 6.07) is 12.4. The molecule has 3 amide bonds. The summed E-state index contributed by atoms with van der Waals surface area (Å²) in [5.41, 5.74) is 6.36. The molecule has 1 saturated carbocycles. The van der Waals surface area contributed by atoms with Gasteiger partial charge in [-0.15, -0.1) is 0 Å². The Bertz CT molecular complexity index is 1340. The minimum absolute atomic E-state index is 0.00873. The first-order valence-electron chi connectivity index (χ1n) is 11.2. The third-order valence-corrected chi connectivity index (χ3v) is 6.35. The summed E-state index contributed by atoms with van der Waals surface area (Å²) in [4.78, 5) is 53.2. The van der Waals surface area contributed by atoms with Gasteiger partial charge in [-0.25, -0.2) is 9.69 Å². The maximum atomic E-state index is 13.4. The number of imide groups is 1. The second-order valence-electron chi connectivity index (χ2n) is 8.56. The van der Waals surface area contributed by atoms with Crippen LogP contribution in [0.25, 0.3) is 5.69 Å². The van der Waals surface area contributed by atoms with Crippen LogP contribution in [-0.2, 0) is 16.1 Å². The van der Waals surface area contributed by atoms with Gasteiger partial charge in [-0.05, 0) is 59.2 Å². The number of primary amides is 1. The monoisotopic (exact) mass is 478 g/mol. The van der Waals surface area contributed by atoms with E-state index in [1.807, 2.05) is 4.90 Å². The number of nitrogens with one attached hydrogen (secondary N) is 1. The first kappa shape index (κ1) is 22.5. The summed E-state index contributed by atoms with van der Waals surface area (Å²) < 4.78 is 11.8. The smallest absolute Gasteiger partial charge is 0.431 e. The molecule has 1 saturated heterocycles. The van der Waals surface area contributed by atoms with E-state index < -0.39 is 17.6 Å². The van der Waals surface area contributed by atoms with Crippen molar-refractivity contribution < 1.29 is 28.3 Å². The number of nitrogens with zero attached hydrogens (tertiary/aromatic N) is 3. The number of hydrogen-bond donors (Lipinski definition) is 2. The normalized spacial score (nSPS) is 17.9. The molecule has 0 spiro atoms. The molecule has 3 N–H and O–H groups in total. The van der Waals surface area contributed by atoms with E-state index in [9.17, 15) is 19.2 Å². The molecule has 1 aliphatic heterocycles. The number of methoxy groups -OCH3 is 1. The van der Waals surface area contributed by atoms with Crippen LogP contribution in [0, 0.1) is 0 Å². The highest BCUT2D eigenvalue weighted by molar-refractivity contribution is 6.22. The fourth-order valence-corrected chi connectivity index (χ4v) is 4.36. The molecule has 1 aliphatic carbocycles. The number of benzene rings is 2. The predicted molar refractivity (Wildman–Crippen MR) is 122 cm³/mol. The van der Waals surface area contributed by atoms with Crippen molar-refractivity contribution in [3.63, 3.8) is 0 Å². The van der Waals surface area contributed by atoms with Gasteiger partial charge in [0.15, 0.2) is 0 Å². The van der Waals surface area contributed by atoms with Crippen molar-refractivity contribution in [1.82, 2.24) is 10.2 Å². The van der Waals surface area contributed by atoms with Gasteiger partial charge in [0, 0.05) is 23.7 Å². The molecular weight excluding hydrogens is 454 g/mol. The first-order chi connectivity index (χ1) is 16.9. The zero-order chi connectivity index (χ0) is 24.7. The number of hydrogen-bond acceptors (Lipinski definition) is 7. The van der Waals surface area contributed by atoms with Crippen molar-refractivity contribution in [1.29, 1.82) is 0 Å². The maximum absolute atomic E-state index is 13.4.